The van der Waals surface area contributed by atoms with Gasteiger partial charge in [-0.2, -0.15) is 0 Å². The Morgan fingerprint density at radius 2 is 1.55 bits per heavy atom. The van der Waals surface area contributed by atoms with Crippen molar-refractivity contribution in [1.82, 2.24) is 0 Å². The van der Waals surface area contributed by atoms with Crippen LogP contribution >= 0.6 is 90.4 Å². The summed E-state index contributed by atoms with van der Waals surface area (Å²) in [6.07, 6.45) is 0.259. The van der Waals surface area contributed by atoms with Crippen LogP contribution in [-0.4, -0.2) is 19.3 Å². The standard InChI is InChI=1S/C15H10I4O3/c16-10-2-1-3-11(17)15(10)22-8-4-12(18)14(13(19)5-8)21-7-9-6-20-9/h1-5,9H,6-7H2. The van der Waals surface area contributed by atoms with Crippen LogP contribution in [-0.2, 0) is 4.74 Å². The molecule has 116 valence electrons. The Labute approximate surface area is 183 Å². The largest absolute Gasteiger partial charge is 0.489 e. The van der Waals surface area contributed by atoms with Crippen molar-refractivity contribution in [1.29, 1.82) is 0 Å². The lowest BCUT2D eigenvalue weighted by atomic mass is 10.3. The Hall–Kier alpha value is 0.920. The van der Waals surface area contributed by atoms with E-state index in [0.29, 0.717) is 6.61 Å². The van der Waals surface area contributed by atoms with Crippen molar-refractivity contribution in [2.24, 2.45) is 0 Å². The molecule has 3 rings (SSSR count). The highest BCUT2D eigenvalue weighted by atomic mass is 127. The molecule has 3 nitrogen and oxygen atoms in total. The second-order valence-corrected chi connectivity index (χ2v) is 9.28. The lowest BCUT2D eigenvalue weighted by Crippen LogP contribution is -2.06. The molecule has 1 atom stereocenters. The van der Waals surface area contributed by atoms with Crippen molar-refractivity contribution >= 4 is 90.4 Å². The molecule has 0 bridgehead atoms. The smallest absolute Gasteiger partial charge is 0.154 e. The van der Waals surface area contributed by atoms with Gasteiger partial charge in [0.1, 0.15) is 24.2 Å². The van der Waals surface area contributed by atoms with E-state index in [2.05, 4.69) is 90.4 Å². The third-order valence-corrected chi connectivity index (χ3v) is 6.23. The lowest BCUT2D eigenvalue weighted by Gasteiger charge is -2.14. The molecule has 1 fully saturated rings. The zero-order valence-corrected chi connectivity index (χ0v) is 19.7. The fraction of sp³-hybridized carbons (Fsp3) is 0.200. The van der Waals surface area contributed by atoms with Crippen LogP contribution in [0.15, 0.2) is 30.3 Å². The second-order valence-electron chi connectivity index (χ2n) is 4.64. The summed E-state index contributed by atoms with van der Waals surface area (Å²) in [5, 5.41) is 0. The summed E-state index contributed by atoms with van der Waals surface area (Å²) in [5.74, 6) is 2.63. The summed E-state index contributed by atoms with van der Waals surface area (Å²) in [6.45, 7) is 1.42. The van der Waals surface area contributed by atoms with Gasteiger partial charge >= 0.3 is 0 Å². The van der Waals surface area contributed by atoms with Gasteiger partial charge in [0, 0.05) is 0 Å². The Morgan fingerprint density at radius 3 is 2.09 bits per heavy atom. The predicted octanol–water partition coefficient (Wildman–Crippen LogP) is 5.67. The first kappa shape index (κ1) is 17.7. The van der Waals surface area contributed by atoms with E-state index in [1.807, 2.05) is 30.3 Å². The highest BCUT2D eigenvalue weighted by Crippen LogP contribution is 2.37. The van der Waals surface area contributed by atoms with Gasteiger partial charge in [0.05, 0.1) is 20.9 Å². The van der Waals surface area contributed by atoms with Gasteiger partial charge in [-0.1, -0.05) is 6.07 Å². The minimum absolute atomic E-state index is 0.259. The SMILES string of the molecule is Ic1cc(Oc2c(I)cccc2I)cc(I)c1OCC1CO1. The number of para-hydroxylation sites is 1. The normalized spacial score (nSPS) is 16.5. The van der Waals surface area contributed by atoms with Crippen molar-refractivity contribution in [3.8, 4) is 17.2 Å². The molecule has 1 unspecified atom stereocenters. The maximum Gasteiger partial charge on any atom is 0.154 e. The van der Waals surface area contributed by atoms with Gasteiger partial charge in [-0.3, -0.25) is 0 Å². The van der Waals surface area contributed by atoms with Gasteiger partial charge < -0.3 is 14.2 Å². The number of halogens is 4. The summed E-state index contributed by atoms with van der Waals surface area (Å²) in [5.41, 5.74) is 0. The maximum atomic E-state index is 6.09. The second kappa shape index (κ2) is 7.87. The number of ether oxygens (including phenoxy) is 3. The van der Waals surface area contributed by atoms with Crippen LogP contribution < -0.4 is 9.47 Å². The summed E-state index contributed by atoms with van der Waals surface area (Å²) in [7, 11) is 0. The first-order valence-electron chi connectivity index (χ1n) is 6.40. The highest BCUT2D eigenvalue weighted by Gasteiger charge is 2.24. The third kappa shape index (κ3) is 4.51. The first-order chi connectivity index (χ1) is 10.5. The minimum Gasteiger partial charge on any atom is -0.489 e. The summed E-state index contributed by atoms with van der Waals surface area (Å²) < 4.78 is 21.4. The van der Waals surface area contributed by atoms with Crippen molar-refractivity contribution in [3.05, 3.63) is 44.6 Å². The Balaban J connectivity index is 1.82. The van der Waals surface area contributed by atoms with Crippen LogP contribution in [0.25, 0.3) is 0 Å². The van der Waals surface area contributed by atoms with Crippen LogP contribution in [0, 0.1) is 14.3 Å². The van der Waals surface area contributed by atoms with Crippen LogP contribution in [0.4, 0.5) is 0 Å². The molecule has 1 aliphatic heterocycles. The molecule has 0 saturated carbocycles. The average molecular weight is 746 g/mol. The molecule has 1 aliphatic rings. The molecule has 1 saturated heterocycles. The van der Waals surface area contributed by atoms with Gasteiger partial charge in [-0.25, -0.2) is 0 Å². The number of hydrogen-bond acceptors (Lipinski definition) is 3. The van der Waals surface area contributed by atoms with E-state index in [4.69, 9.17) is 14.2 Å². The van der Waals surface area contributed by atoms with Crippen LogP contribution in [0.2, 0.25) is 0 Å². The van der Waals surface area contributed by atoms with E-state index < -0.39 is 0 Å². The molecule has 2 aromatic rings. The number of rotatable bonds is 5. The molecule has 0 N–H and O–H groups in total. The van der Waals surface area contributed by atoms with Crippen LogP contribution in [0.3, 0.4) is 0 Å². The molecule has 0 spiro atoms. The zero-order valence-electron chi connectivity index (χ0n) is 11.1. The number of epoxide rings is 1. The van der Waals surface area contributed by atoms with E-state index >= 15 is 0 Å². The van der Waals surface area contributed by atoms with Crippen LogP contribution in [0.5, 0.6) is 17.2 Å². The zero-order chi connectivity index (χ0) is 15.7. The Kier molecular flexibility index (Phi) is 6.34. The predicted molar refractivity (Wildman–Crippen MR) is 119 cm³/mol. The van der Waals surface area contributed by atoms with Gasteiger partial charge in [-0.15, -0.1) is 0 Å². The highest BCUT2D eigenvalue weighted by molar-refractivity contribution is 14.1. The fourth-order valence-electron chi connectivity index (χ4n) is 1.77. The molecule has 0 aliphatic carbocycles. The third-order valence-electron chi connectivity index (χ3n) is 2.93. The van der Waals surface area contributed by atoms with Gasteiger partial charge in [0.2, 0.25) is 0 Å². The first-order valence-corrected chi connectivity index (χ1v) is 10.7. The molecule has 0 aromatic heterocycles. The van der Waals surface area contributed by atoms with Gasteiger partial charge in [0.15, 0.2) is 5.75 Å². The van der Waals surface area contributed by atoms with E-state index in [-0.39, 0.29) is 6.10 Å². The van der Waals surface area contributed by atoms with E-state index in [0.717, 1.165) is 38.1 Å². The number of benzene rings is 2. The minimum atomic E-state index is 0.259. The maximum absolute atomic E-state index is 6.09. The summed E-state index contributed by atoms with van der Waals surface area (Å²) in [4.78, 5) is 0. The van der Waals surface area contributed by atoms with Crippen molar-refractivity contribution in [2.75, 3.05) is 13.2 Å². The van der Waals surface area contributed by atoms with Crippen molar-refractivity contribution in [2.45, 2.75) is 6.10 Å². The molecule has 22 heavy (non-hydrogen) atoms. The van der Waals surface area contributed by atoms with E-state index in [1.165, 1.54) is 0 Å². The van der Waals surface area contributed by atoms with Crippen molar-refractivity contribution < 1.29 is 14.2 Å². The molecule has 1 heterocycles. The van der Waals surface area contributed by atoms with Gasteiger partial charge in [-0.05, 0) is 115 Å². The fourth-order valence-corrected chi connectivity index (χ4v) is 5.53. The molecule has 0 amide bonds. The lowest BCUT2D eigenvalue weighted by molar-refractivity contribution is 0.260. The Bertz CT molecular complexity index is 658. The van der Waals surface area contributed by atoms with E-state index in [1.54, 1.807) is 0 Å². The van der Waals surface area contributed by atoms with Gasteiger partial charge in [0.25, 0.3) is 0 Å². The average Bonchev–Trinajstić information content (AvgIpc) is 3.26. The summed E-state index contributed by atoms with van der Waals surface area (Å²) >= 11 is 9.15. The molecule has 0 radical (unpaired) electrons. The Morgan fingerprint density at radius 1 is 0.955 bits per heavy atom. The monoisotopic (exact) mass is 746 g/mol. The van der Waals surface area contributed by atoms with Crippen LogP contribution in [0.1, 0.15) is 0 Å². The quantitative estimate of drug-likeness (QED) is 0.292. The summed E-state index contributed by atoms with van der Waals surface area (Å²) in [6, 6.07) is 10.1. The number of hydrogen-bond donors (Lipinski definition) is 0. The van der Waals surface area contributed by atoms with E-state index in [9.17, 15) is 0 Å². The topological polar surface area (TPSA) is 31.0 Å². The molecular formula is C15H10I4O3. The molecule has 7 heteroatoms. The molecular weight excluding hydrogens is 736 g/mol. The molecule has 2 aromatic carbocycles. The van der Waals surface area contributed by atoms with Crippen molar-refractivity contribution in [3.63, 3.8) is 0 Å².